The maximum absolute atomic E-state index is 13.5. The molecule has 1 aromatic carbocycles. The van der Waals surface area contributed by atoms with Gasteiger partial charge in [-0.25, -0.2) is 17.5 Å². The van der Waals surface area contributed by atoms with Crippen molar-refractivity contribution < 1.29 is 12.8 Å². The highest BCUT2D eigenvalue weighted by atomic mass is 79.9. The molecule has 0 aliphatic rings. The van der Waals surface area contributed by atoms with Crippen LogP contribution in [0.25, 0.3) is 0 Å². The van der Waals surface area contributed by atoms with Crippen molar-refractivity contribution in [2.24, 2.45) is 0 Å². The van der Waals surface area contributed by atoms with Gasteiger partial charge in [0, 0.05) is 17.1 Å². The standard InChI is InChI=1S/C10H14BrFN2O2S.ClH/c1-7(13-2)6-14-17(15,16)10-4-3-8(11)5-9(10)12;/h3-5,7,13-14H,6H2,1-2H3;1H. The molecule has 104 valence electrons. The van der Waals surface area contributed by atoms with Crippen molar-refractivity contribution in [3.8, 4) is 0 Å². The minimum Gasteiger partial charge on any atom is -0.316 e. The van der Waals surface area contributed by atoms with Crippen molar-refractivity contribution in [3.05, 3.63) is 28.5 Å². The molecule has 0 aliphatic heterocycles. The van der Waals surface area contributed by atoms with Gasteiger partial charge >= 0.3 is 0 Å². The second kappa shape index (κ2) is 7.40. The molecule has 0 heterocycles. The molecule has 18 heavy (non-hydrogen) atoms. The van der Waals surface area contributed by atoms with E-state index >= 15 is 0 Å². The SMILES string of the molecule is CNC(C)CNS(=O)(=O)c1ccc(Br)cc1F.Cl. The summed E-state index contributed by atoms with van der Waals surface area (Å²) >= 11 is 3.07. The fourth-order valence-corrected chi connectivity index (χ4v) is 2.63. The summed E-state index contributed by atoms with van der Waals surface area (Å²) in [5.41, 5.74) is 0. The molecule has 8 heteroatoms. The lowest BCUT2D eigenvalue weighted by Gasteiger charge is -2.12. The van der Waals surface area contributed by atoms with E-state index in [4.69, 9.17) is 0 Å². The maximum Gasteiger partial charge on any atom is 0.243 e. The molecule has 2 N–H and O–H groups in total. The van der Waals surface area contributed by atoms with Crippen molar-refractivity contribution in [2.45, 2.75) is 17.9 Å². The van der Waals surface area contributed by atoms with Crippen LogP contribution < -0.4 is 10.0 Å². The Labute approximate surface area is 121 Å². The number of rotatable bonds is 5. The first kappa shape index (κ1) is 17.8. The van der Waals surface area contributed by atoms with Crippen molar-refractivity contribution in [1.82, 2.24) is 10.0 Å². The molecule has 4 nitrogen and oxygen atoms in total. The highest BCUT2D eigenvalue weighted by Gasteiger charge is 2.19. The Morgan fingerprint density at radius 1 is 1.44 bits per heavy atom. The summed E-state index contributed by atoms with van der Waals surface area (Å²) < 4.78 is 39.9. The number of hydrogen-bond donors (Lipinski definition) is 2. The van der Waals surface area contributed by atoms with E-state index in [-0.39, 0.29) is 29.9 Å². The van der Waals surface area contributed by atoms with E-state index in [0.29, 0.717) is 4.47 Å². The van der Waals surface area contributed by atoms with Gasteiger partial charge < -0.3 is 5.32 Å². The zero-order valence-electron chi connectivity index (χ0n) is 9.91. The van der Waals surface area contributed by atoms with Crippen LogP contribution in [0.5, 0.6) is 0 Å². The van der Waals surface area contributed by atoms with E-state index in [9.17, 15) is 12.8 Å². The van der Waals surface area contributed by atoms with Crippen LogP contribution >= 0.6 is 28.3 Å². The third-order valence-electron chi connectivity index (χ3n) is 2.26. The van der Waals surface area contributed by atoms with Crippen LogP contribution in [0.4, 0.5) is 4.39 Å². The molecule has 0 aliphatic carbocycles. The normalized spacial score (nSPS) is 12.9. The fraction of sp³-hybridized carbons (Fsp3) is 0.400. The highest BCUT2D eigenvalue weighted by Crippen LogP contribution is 2.19. The zero-order valence-corrected chi connectivity index (χ0v) is 13.1. The topological polar surface area (TPSA) is 58.2 Å². The number of hydrogen-bond acceptors (Lipinski definition) is 3. The third kappa shape index (κ3) is 4.81. The molecule has 0 bridgehead atoms. The van der Waals surface area contributed by atoms with Gasteiger partial charge in [-0.2, -0.15) is 0 Å². The molecule has 0 radical (unpaired) electrons. The van der Waals surface area contributed by atoms with Crippen LogP contribution in [0.1, 0.15) is 6.92 Å². The number of nitrogens with one attached hydrogen (secondary N) is 2. The summed E-state index contributed by atoms with van der Waals surface area (Å²) in [4.78, 5) is -0.344. The molecule has 1 unspecified atom stereocenters. The van der Waals surface area contributed by atoms with Crippen LogP contribution in [0.2, 0.25) is 0 Å². The lowest BCUT2D eigenvalue weighted by molar-refractivity contribution is 0.540. The van der Waals surface area contributed by atoms with E-state index in [1.165, 1.54) is 12.1 Å². The quantitative estimate of drug-likeness (QED) is 0.842. The summed E-state index contributed by atoms with van der Waals surface area (Å²) in [6.07, 6.45) is 0. The predicted octanol–water partition coefficient (Wildman–Crippen LogP) is 1.90. The molecule has 0 amide bonds. The Hall–Kier alpha value is -0.210. The molecule has 0 spiro atoms. The van der Waals surface area contributed by atoms with Crippen LogP contribution in [-0.4, -0.2) is 28.1 Å². The van der Waals surface area contributed by atoms with Crippen molar-refractivity contribution in [3.63, 3.8) is 0 Å². The molecular formula is C10H15BrClFN2O2S. The van der Waals surface area contributed by atoms with Crippen molar-refractivity contribution in [2.75, 3.05) is 13.6 Å². The second-order valence-corrected chi connectivity index (χ2v) is 6.27. The van der Waals surface area contributed by atoms with Gasteiger partial charge in [0.15, 0.2) is 0 Å². The minimum absolute atomic E-state index is 0. The Morgan fingerprint density at radius 3 is 2.56 bits per heavy atom. The van der Waals surface area contributed by atoms with Gasteiger partial charge in [-0.05, 0) is 32.2 Å². The molecule has 0 saturated heterocycles. The van der Waals surface area contributed by atoms with E-state index in [1.54, 1.807) is 7.05 Å². The number of halogens is 3. The summed E-state index contributed by atoms with van der Waals surface area (Å²) in [6, 6.07) is 3.81. The monoisotopic (exact) mass is 360 g/mol. The molecule has 1 rings (SSSR count). The van der Waals surface area contributed by atoms with Gasteiger partial charge in [0.2, 0.25) is 10.0 Å². The minimum atomic E-state index is -3.80. The first-order valence-corrected chi connectivity index (χ1v) is 7.26. The summed E-state index contributed by atoms with van der Waals surface area (Å²) in [5.74, 6) is -0.774. The Balaban J connectivity index is 0.00000289. The first-order chi connectivity index (χ1) is 7.86. The van der Waals surface area contributed by atoms with Crippen molar-refractivity contribution >= 4 is 38.4 Å². The second-order valence-electron chi connectivity index (χ2n) is 3.62. The average Bonchev–Trinajstić information content (AvgIpc) is 2.25. The summed E-state index contributed by atoms with van der Waals surface area (Å²) in [7, 11) is -2.08. The third-order valence-corrected chi connectivity index (χ3v) is 4.21. The van der Waals surface area contributed by atoms with Gasteiger partial charge in [0.1, 0.15) is 10.7 Å². The van der Waals surface area contributed by atoms with Gasteiger partial charge in [-0.3, -0.25) is 0 Å². The molecule has 0 fully saturated rings. The van der Waals surface area contributed by atoms with E-state index in [0.717, 1.165) is 6.07 Å². The summed E-state index contributed by atoms with van der Waals surface area (Å²) in [5, 5.41) is 2.88. The van der Waals surface area contributed by atoms with Gasteiger partial charge in [0.05, 0.1) is 0 Å². The molecule has 1 atom stereocenters. The lowest BCUT2D eigenvalue weighted by atomic mass is 10.3. The fourth-order valence-electron chi connectivity index (χ4n) is 1.11. The van der Waals surface area contributed by atoms with Crippen LogP contribution in [0, 0.1) is 5.82 Å². The molecular weight excluding hydrogens is 347 g/mol. The zero-order chi connectivity index (χ0) is 13.1. The van der Waals surface area contributed by atoms with Crippen LogP contribution in [0.15, 0.2) is 27.6 Å². The Morgan fingerprint density at radius 2 is 2.06 bits per heavy atom. The molecule has 1 aromatic rings. The largest absolute Gasteiger partial charge is 0.316 e. The van der Waals surface area contributed by atoms with E-state index < -0.39 is 15.8 Å². The summed E-state index contributed by atoms with van der Waals surface area (Å²) in [6.45, 7) is 2.02. The maximum atomic E-state index is 13.5. The van der Waals surface area contributed by atoms with E-state index in [2.05, 4.69) is 26.0 Å². The van der Waals surface area contributed by atoms with Gasteiger partial charge in [-0.15, -0.1) is 12.4 Å². The van der Waals surface area contributed by atoms with E-state index in [1.807, 2.05) is 6.92 Å². The molecule has 0 saturated carbocycles. The lowest BCUT2D eigenvalue weighted by Crippen LogP contribution is -2.37. The smallest absolute Gasteiger partial charge is 0.243 e. The predicted molar refractivity (Wildman–Crippen MR) is 75.1 cm³/mol. The van der Waals surface area contributed by atoms with Crippen LogP contribution in [-0.2, 0) is 10.0 Å². The highest BCUT2D eigenvalue weighted by molar-refractivity contribution is 9.10. The van der Waals surface area contributed by atoms with Crippen molar-refractivity contribution in [1.29, 1.82) is 0 Å². The first-order valence-electron chi connectivity index (χ1n) is 4.99. The number of likely N-dealkylation sites (N-methyl/N-ethyl adjacent to an activating group) is 1. The number of benzene rings is 1. The van der Waals surface area contributed by atoms with Gasteiger partial charge in [0.25, 0.3) is 0 Å². The number of sulfonamides is 1. The van der Waals surface area contributed by atoms with Gasteiger partial charge in [-0.1, -0.05) is 15.9 Å². The Bertz CT molecular complexity index is 499. The molecule has 0 aromatic heterocycles. The Kier molecular flexibility index (Phi) is 7.31. The average molecular weight is 362 g/mol. The van der Waals surface area contributed by atoms with Crippen LogP contribution in [0.3, 0.4) is 0 Å².